The van der Waals surface area contributed by atoms with E-state index in [1.165, 1.54) is 11.8 Å². The van der Waals surface area contributed by atoms with Gasteiger partial charge in [-0.2, -0.15) is 0 Å². The predicted octanol–water partition coefficient (Wildman–Crippen LogP) is 1.94. The van der Waals surface area contributed by atoms with Crippen molar-refractivity contribution in [3.05, 3.63) is 24.5 Å². The van der Waals surface area contributed by atoms with Crippen molar-refractivity contribution in [2.24, 2.45) is 7.05 Å². The quantitative estimate of drug-likeness (QED) is 0.574. The molecule has 0 saturated carbocycles. The van der Waals surface area contributed by atoms with Crippen LogP contribution in [-0.4, -0.2) is 39.2 Å². The number of carbonyl (C=O) groups is 1. The Labute approximate surface area is 107 Å². The minimum absolute atomic E-state index is 0.128. The fourth-order valence-corrected chi connectivity index (χ4v) is 2.25. The maximum atomic E-state index is 11.9. The number of aryl methyl sites for hydroxylation is 1. The van der Waals surface area contributed by atoms with Crippen LogP contribution in [0.3, 0.4) is 0 Å². The van der Waals surface area contributed by atoms with E-state index in [-0.39, 0.29) is 5.91 Å². The van der Waals surface area contributed by atoms with Crippen LogP contribution in [0.15, 0.2) is 29.7 Å². The Bertz CT molecular complexity index is 400. The van der Waals surface area contributed by atoms with E-state index in [1.54, 1.807) is 11.1 Å². The van der Waals surface area contributed by atoms with Crippen molar-refractivity contribution < 1.29 is 4.79 Å². The molecule has 1 aromatic rings. The molecule has 0 aromatic carbocycles. The van der Waals surface area contributed by atoms with E-state index in [9.17, 15) is 4.79 Å². The van der Waals surface area contributed by atoms with E-state index in [2.05, 4.69) is 11.6 Å². The molecule has 0 bridgehead atoms. The summed E-state index contributed by atoms with van der Waals surface area (Å²) in [6, 6.07) is 0. The molecule has 4 nitrogen and oxygen atoms in total. The zero-order valence-electron chi connectivity index (χ0n) is 10.6. The second-order valence-corrected chi connectivity index (χ2v) is 4.92. The van der Waals surface area contributed by atoms with Crippen LogP contribution in [0, 0.1) is 0 Å². The first-order valence-electron chi connectivity index (χ1n) is 5.56. The normalized spacial score (nSPS) is 10.3. The Hall–Kier alpha value is -1.23. The van der Waals surface area contributed by atoms with Gasteiger partial charge in [0.15, 0.2) is 5.16 Å². The smallest absolute Gasteiger partial charge is 0.233 e. The molecular formula is C12H19N3OS. The summed E-state index contributed by atoms with van der Waals surface area (Å²) in [6.45, 7) is 9.09. The van der Waals surface area contributed by atoms with E-state index in [4.69, 9.17) is 0 Å². The zero-order valence-corrected chi connectivity index (χ0v) is 11.5. The molecule has 0 spiro atoms. The van der Waals surface area contributed by atoms with Crippen LogP contribution in [0.5, 0.6) is 0 Å². The lowest BCUT2D eigenvalue weighted by atomic mass is 10.3. The highest BCUT2D eigenvalue weighted by Gasteiger charge is 2.13. The molecule has 0 fully saturated rings. The van der Waals surface area contributed by atoms with Crippen molar-refractivity contribution in [3.8, 4) is 0 Å². The molecule has 1 heterocycles. The molecule has 0 unspecified atom stereocenters. The molecule has 1 aromatic heterocycles. The number of amides is 1. The predicted molar refractivity (Wildman–Crippen MR) is 71.0 cm³/mol. The summed E-state index contributed by atoms with van der Waals surface area (Å²) in [5.41, 5.74) is 1.00. The topological polar surface area (TPSA) is 38.1 Å². The molecule has 0 radical (unpaired) electrons. The highest BCUT2D eigenvalue weighted by molar-refractivity contribution is 7.99. The Morgan fingerprint density at radius 2 is 2.35 bits per heavy atom. The Morgan fingerprint density at radius 1 is 1.65 bits per heavy atom. The van der Waals surface area contributed by atoms with Crippen molar-refractivity contribution in [2.75, 3.05) is 18.8 Å². The van der Waals surface area contributed by atoms with Crippen LogP contribution in [0.25, 0.3) is 0 Å². The second-order valence-electron chi connectivity index (χ2n) is 3.97. The van der Waals surface area contributed by atoms with Crippen LogP contribution in [0.1, 0.15) is 13.8 Å². The number of likely N-dealkylation sites (N-methyl/N-ethyl adjacent to an activating group) is 1. The highest BCUT2D eigenvalue weighted by Crippen LogP contribution is 2.15. The molecule has 0 atom stereocenters. The fraction of sp³-hybridized carbons (Fsp3) is 0.500. The van der Waals surface area contributed by atoms with Crippen LogP contribution in [-0.2, 0) is 11.8 Å². The maximum absolute atomic E-state index is 11.9. The largest absolute Gasteiger partial charge is 0.338 e. The van der Waals surface area contributed by atoms with Crippen molar-refractivity contribution in [1.82, 2.24) is 14.5 Å². The fourth-order valence-electron chi connectivity index (χ4n) is 1.41. The van der Waals surface area contributed by atoms with Gasteiger partial charge in [-0.25, -0.2) is 4.98 Å². The van der Waals surface area contributed by atoms with Crippen molar-refractivity contribution in [1.29, 1.82) is 0 Å². The Balaban J connectivity index is 2.48. The van der Waals surface area contributed by atoms with Gasteiger partial charge in [-0.05, 0) is 13.8 Å². The standard InChI is InChI=1S/C12H19N3OS/c1-5-15(8-10(2)3)11(16)9-17-12-13-6-7-14(12)4/h6-7H,2,5,8-9H2,1,3-4H3. The van der Waals surface area contributed by atoms with Gasteiger partial charge in [0.05, 0.1) is 5.75 Å². The first kappa shape index (κ1) is 13.8. The number of hydrogen-bond donors (Lipinski definition) is 0. The first-order chi connectivity index (χ1) is 8.04. The van der Waals surface area contributed by atoms with Gasteiger partial charge in [-0.3, -0.25) is 4.79 Å². The molecule has 94 valence electrons. The van der Waals surface area contributed by atoms with Gasteiger partial charge in [0.25, 0.3) is 0 Å². The third-order valence-corrected chi connectivity index (χ3v) is 3.34. The van der Waals surface area contributed by atoms with Crippen LogP contribution in [0.2, 0.25) is 0 Å². The molecule has 0 saturated heterocycles. The molecule has 0 aliphatic heterocycles. The van der Waals surface area contributed by atoms with Crippen molar-refractivity contribution in [2.45, 2.75) is 19.0 Å². The monoisotopic (exact) mass is 253 g/mol. The van der Waals surface area contributed by atoms with Gasteiger partial charge >= 0.3 is 0 Å². The average Bonchev–Trinajstić information content (AvgIpc) is 2.68. The molecular weight excluding hydrogens is 234 g/mol. The van der Waals surface area contributed by atoms with Gasteiger partial charge < -0.3 is 9.47 Å². The summed E-state index contributed by atoms with van der Waals surface area (Å²) in [5, 5.41) is 0.865. The van der Waals surface area contributed by atoms with Crippen LogP contribution < -0.4 is 0 Å². The van der Waals surface area contributed by atoms with Gasteiger partial charge in [-0.1, -0.05) is 23.9 Å². The zero-order chi connectivity index (χ0) is 12.8. The first-order valence-corrected chi connectivity index (χ1v) is 6.55. The van der Waals surface area contributed by atoms with Gasteiger partial charge in [0, 0.05) is 32.5 Å². The lowest BCUT2D eigenvalue weighted by Crippen LogP contribution is -2.33. The van der Waals surface area contributed by atoms with Gasteiger partial charge in [0.1, 0.15) is 0 Å². The van der Waals surface area contributed by atoms with E-state index >= 15 is 0 Å². The number of nitrogens with zero attached hydrogens (tertiary/aromatic N) is 3. The summed E-state index contributed by atoms with van der Waals surface area (Å²) >= 11 is 1.46. The number of thioether (sulfide) groups is 1. The van der Waals surface area contributed by atoms with E-state index in [1.807, 2.05) is 31.7 Å². The van der Waals surface area contributed by atoms with E-state index < -0.39 is 0 Å². The van der Waals surface area contributed by atoms with Gasteiger partial charge in [-0.15, -0.1) is 0 Å². The number of rotatable bonds is 6. The summed E-state index contributed by atoms with van der Waals surface area (Å²) in [5.74, 6) is 0.551. The highest BCUT2D eigenvalue weighted by atomic mass is 32.2. The maximum Gasteiger partial charge on any atom is 0.233 e. The molecule has 0 aliphatic carbocycles. The number of imidazole rings is 1. The van der Waals surface area contributed by atoms with Crippen LogP contribution in [0.4, 0.5) is 0 Å². The molecule has 1 rings (SSSR count). The van der Waals surface area contributed by atoms with Crippen molar-refractivity contribution >= 4 is 17.7 Å². The van der Waals surface area contributed by atoms with Gasteiger partial charge in [0.2, 0.25) is 5.91 Å². The molecule has 5 heteroatoms. The number of carbonyl (C=O) groups excluding carboxylic acids is 1. The van der Waals surface area contributed by atoms with E-state index in [0.29, 0.717) is 18.8 Å². The Kier molecular flexibility index (Phi) is 5.28. The molecule has 0 N–H and O–H groups in total. The average molecular weight is 253 g/mol. The van der Waals surface area contributed by atoms with Crippen LogP contribution >= 0.6 is 11.8 Å². The molecule has 0 aliphatic rings. The lowest BCUT2D eigenvalue weighted by Gasteiger charge is -2.20. The summed E-state index contributed by atoms with van der Waals surface area (Å²) in [4.78, 5) is 17.9. The number of hydrogen-bond acceptors (Lipinski definition) is 3. The van der Waals surface area contributed by atoms with Crippen molar-refractivity contribution in [3.63, 3.8) is 0 Å². The minimum Gasteiger partial charge on any atom is -0.338 e. The Morgan fingerprint density at radius 3 is 2.82 bits per heavy atom. The summed E-state index contributed by atoms with van der Waals surface area (Å²) < 4.78 is 1.91. The molecule has 1 amide bonds. The summed E-state index contributed by atoms with van der Waals surface area (Å²) in [6.07, 6.45) is 3.61. The summed E-state index contributed by atoms with van der Waals surface area (Å²) in [7, 11) is 1.92. The lowest BCUT2D eigenvalue weighted by molar-refractivity contribution is -0.127. The second kappa shape index (κ2) is 6.49. The molecule has 17 heavy (non-hydrogen) atoms. The third-order valence-electron chi connectivity index (χ3n) is 2.30. The number of aromatic nitrogens is 2. The third kappa shape index (κ3) is 4.26. The SMILES string of the molecule is C=C(C)CN(CC)C(=O)CSc1nccn1C. The van der Waals surface area contributed by atoms with E-state index in [0.717, 1.165) is 10.7 Å². The minimum atomic E-state index is 0.128.